The van der Waals surface area contributed by atoms with Gasteiger partial charge in [-0.2, -0.15) is 0 Å². The molecule has 2 aromatic rings. The number of morpholine rings is 1. The van der Waals surface area contributed by atoms with Gasteiger partial charge in [-0.3, -0.25) is 14.5 Å². The molecule has 2 unspecified atom stereocenters. The maximum Gasteiger partial charge on any atom is 0.225 e. The summed E-state index contributed by atoms with van der Waals surface area (Å²) >= 11 is 0. The third-order valence-electron chi connectivity index (χ3n) is 5.56. The van der Waals surface area contributed by atoms with Crippen molar-refractivity contribution in [3.63, 3.8) is 0 Å². The number of aryl methyl sites for hydroxylation is 1. The van der Waals surface area contributed by atoms with Crippen molar-refractivity contribution in [1.29, 1.82) is 0 Å². The highest BCUT2D eigenvalue weighted by Gasteiger charge is 2.35. The predicted octanol–water partition coefficient (Wildman–Crippen LogP) is 1.72. The minimum atomic E-state index is -0.346. The fourth-order valence-electron chi connectivity index (χ4n) is 3.96. The van der Waals surface area contributed by atoms with E-state index >= 15 is 0 Å². The van der Waals surface area contributed by atoms with Crippen LogP contribution in [0.25, 0.3) is 0 Å². The Bertz CT molecular complexity index is 825. The lowest BCUT2D eigenvalue weighted by Gasteiger charge is -2.33. The van der Waals surface area contributed by atoms with Gasteiger partial charge in [0.2, 0.25) is 11.8 Å². The van der Waals surface area contributed by atoms with Gasteiger partial charge in [-0.05, 0) is 31.2 Å². The molecule has 4 heterocycles. The normalized spacial score (nSPS) is 21.5. The van der Waals surface area contributed by atoms with E-state index < -0.39 is 0 Å². The van der Waals surface area contributed by atoms with Crippen LogP contribution in [0.5, 0.6) is 0 Å². The van der Waals surface area contributed by atoms with Gasteiger partial charge < -0.3 is 23.8 Å². The van der Waals surface area contributed by atoms with Crippen molar-refractivity contribution in [2.24, 2.45) is 5.92 Å². The SMILES string of the molecule is Cc1ccc(C(CNC(=O)C2CC(=O)N(Cc3ccco3)C2)N2CCOCC2)o1. The summed E-state index contributed by atoms with van der Waals surface area (Å²) in [5.74, 6) is 1.95. The molecule has 0 bridgehead atoms. The Kier molecular flexibility index (Phi) is 6.01. The number of carbonyl (C=O) groups excluding carboxylic acids is 2. The summed E-state index contributed by atoms with van der Waals surface area (Å²) in [5.41, 5.74) is 0. The molecule has 2 fully saturated rings. The molecule has 1 N–H and O–H groups in total. The second-order valence-electron chi connectivity index (χ2n) is 7.61. The molecule has 0 aromatic carbocycles. The molecule has 0 spiro atoms. The molecule has 0 saturated carbocycles. The number of nitrogens with zero attached hydrogens (tertiary/aromatic N) is 2. The third-order valence-corrected chi connectivity index (χ3v) is 5.56. The molecule has 2 atom stereocenters. The number of hydrogen-bond acceptors (Lipinski definition) is 6. The fraction of sp³-hybridized carbons (Fsp3) is 0.524. The summed E-state index contributed by atoms with van der Waals surface area (Å²) in [4.78, 5) is 29.0. The van der Waals surface area contributed by atoms with Crippen LogP contribution in [-0.4, -0.2) is 61.0 Å². The quantitative estimate of drug-likeness (QED) is 0.760. The molecule has 2 aromatic heterocycles. The first-order chi connectivity index (χ1) is 14.1. The summed E-state index contributed by atoms with van der Waals surface area (Å²) < 4.78 is 16.6. The Morgan fingerprint density at radius 3 is 2.79 bits per heavy atom. The monoisotopic (exact) mass is 401 g/mol. The number of nitrogens with one attached hydrogen (secondary N) is 1. The van der Waals surface area contributed by atoms with Gasteiger partial charge in [0, 0.05) is 32.6 Å². The highest BCUT2D eigenvalue weighted by Crippen LogP contribution is 2.25. The fourth-order valence-corrected chi connectivity index (χ4v) is 3.96. The first-order valence-electron chi connectivity index (χ1n) is 10.1. The van der Waals surface area contributed by atoms with E-state index in [1.54, 1.807) is 17.2 Å². The standard InChI is InChI=1S/C21H27N3O5/c1-15-4-5-19(29-15)18(23-6-9-27-10-7-23)12-22-21(26)16-11-20(25)24(13-16)14-17-3-2-8-28-17/h2-5,8,16,18H,6-7,9-14H2,1H3,(H,22,26). The number of ether oxygens (including phenoxy) is 1. The Hall–Kier alpha value is -2.58. The first-order valence-corrected chi connectivity index (χ1v) is 10.1. The zero-order chi connectivity index (χ0) is 20.2. The van der Waals surface area contributed by atoms with E-state index in [1.165, 1.54) is 0 Å². The predicted molar refractivity (Wildman–Crippen MR) is 104 cm³/mol. The molecular formula is C21H27N3O5. The lowest BCUT2D eigenvalue weighted by Crippen LogP contribution is -2.44. The van der Waals surface area contributed by atoms with Gasteiger partial charge in [-0.15, -0.1) is 0 Å². The topological polar surface area (TPSA) is 88.2 Å². The molecule has 4 rings (SSSR count). The Balaban J connectivity index is 1.35. The van der Waals surface area contributed by atoms with Crippen LogP contribution in [-0.2, 0) is 20.9 Å². The van der Waals surface area contributed by atoms with Crippen molar-refractivity contribution < 1.29 is 23.2 Å². The number of amides is 2. The number of likely N-dealkylation sites (tertiary alicyclic amines) is 1. The molecule has 2 aliphatic heterocycles. The van der Waals surface area contributed by atoms with Crippen molar-refractivity contribution in [1.82, 2.24) is 15.1 Å². The number of hydrogen-bond donors (Lipinski definition) is 1. The maximum atomic E-state index is 12.8. The number of carbonyl (C=O) groups is 2. The van der Waals surface area contributed by atoms with E-state index in [-0.39, 0.29) is 30.2 Å². The van der Waals surface area contributed by atoms with Crippen molar-refractivity contribution in [3.05, 3.63) is 47.8 Å². The lowest BCUT2D eigenvalue weighted by atomic mass is 10.1. The number of rotatable bonds is 7. The Morgan fingerprint density at radius 2 is 2.10 bits per heavy atom. The molecule has 0 radical (unpaired) electrons. The molecule has 2 saturated heterocycles. The molecule has 2 aliphatic rings. The summed E-state index contributed by atoms with van der Waals surface area (Å²) in [7, 11) is 0. The smallest absolute Gasteiger partial charge is 0.225 e. The van der Waals surface area contributed by atoms with E-state index in [0.29, 0.717) is 32.8 Å². The average molecular weight is 401 g/mol. The van der Waals surface area contributed by atoms with Gasteiger partial charge in [-0.1, -0.05) is 0 Å². The zero-order valence-electron chi connectivity index (χ0n) is 16.6. The van der Waals surface area contributed by atoms with Crippen LogP contribution in [0.1, 0.15) is 29.7 Å². The minimum absolute atomic E-state index is 0.0204. The van der Waals surface area contributed by atoms with Crippen LogP contribution in [0.2, 0.25) is 0 Å². The Morgan fingerprint density at radius 1 is 1.28 bits per heavy atom. The van der Waals surface area contributed by atoms with Crippen LogP contribution >= 0.6 is 0 Å². The van der Waals surface area contributed by atoms with Crippen molar-refractivity contribution in [2.75, 3.05) is 39.4 Å². The minimum Gasteiger partial charge on any atom is -0.467 e. The summed E-state index contributed by atoms with van der Waals surface area (Å²) in [6, 6.07) is 7.48. The largest absolute Gasteiger partial charge is 0.467 e. The summed E-state index contributed by atoms with van der Waals surface area (Å²) in [5, 5.41) is 3.05. The molecule has 2 amide bonds. The van der Waals surface area contributed by atoms with Crippen LogP contribution in [0.3, 0.4) is 0 Å². The van der Waals surface area contributed by atoms with Crippen molar-refractivity contribution >= 4 is 11.8 Å². The van der Waals surface area contributed by atoms with E-state index in [9.17, 15) is 9.59 Å². The van der Waals surface area contributed by atoms with Gasteiger partial charge in [0.15, 0.2) is 0 Å². The van der Waals surface area contributed by atoms with Gasteiger partial charge in [0.05, 0.1) is 38.0 Å². The van der Waals surface area contributed by atoms with E-state index in [0.717, 1.165) is 30.4 Å². The molecule has 8 nitrogen and oxygen atoms in total. The van der Waals surface area contributed by atoms with Crippen LogP contribution in [0.4, 0.5) is 0 Å². The van der Waals surface area contributed by atoms with Gasteiger partial charge in [-0.25, -0.2) is 0 Å². The van der Waals surface area contributed by atoms with Crippen molar-refractivity contribution in [3.8, 4) is 0 Å². The third kappa shape index (κ3) is 4.71. The second-order valence-corrected chi connectivity index (χ2v) is 7.61. The molecule has 0 aliphatic carbocycles. The average Bonchev–Trinajstić information content (AvgIpc) is 3.46. The van der Waals surface area contributed by atoms with Gasteiger partial charge >= 0.3 is 0 Å². The molecule has 156 valence electrons. The first kappa shape index (κ1) is 19.7. The molecular weight excluding hydrogens is 374 g/mol. The molecule has 29 heavy (non-hydrogen) atoms. The van der Waals surface area contributed by atoms with Gasteiger partial charge in [0.1, 0.15) is 17.3 Å². The van der Waals surface area contributed by atoms with E-state index in [4.69, 9.17) is 13.6 Å². The van der Waals surface area contributed by atoms with Crippen LogP contribution < -0.4 is 5.32 Å². The maximum absolute atomic E-state index is 12.8. The van der Waals surface area contributed by atoms with E-state index in [1.807, 2.05) is 25.1 Å². The van der Waals surface area contributed by atoms with Gasteiger partial charge in [0.25, 0.3) is 0 Å². The zero-order valence-corrected chi connectivity index (χ0v) is 16.6. The van der Waals surface area contributed by atoms with Crippen LogP contribution in [0.15, 0.2) is 39.4 Å². The van der Waals surface area contributed by atoms with E-state index in [2.05, 4.69) is 10.2 Å². The second kappa shape index (κ2) is 8.84. The Labute approximate surface area is 169 Å². The van der Waals surface area contributed by atoms with Crippen LogP contribution in [0, 0.1) is 12.8 Å². The van der Waals surface area contributed by atoms with Crippen molar-refractivity contribution in [2.45, 2.75) is 25.9 Å². The number of furan rings is 2. The highest BCUT2D eigenvalue weighted by atomic mass is 16.5. The highest BCUT2D eigenvalue weighted by molar-refractivity contribution is 5.89. The lowest BCUT2D eigenvalue weighted by molar-refractivity contribution is -0.129. The summed E-state index contributed by atoms with van der Waals surface area (Å²) in [6.07, 6.45) is 1.82. The molecule has 8 heteroatoms. The summed E-state index contributed by atoms with van der Waals surface area (Å²) in [6.45, 7) is 6.08.